The van der Waals surface area contributed by atoms with E-state index in [9.17, 15) is 9.59 Å². The summed E-state index contributed by atoms with van der Waals surface area (Å²) in [5, 5.41) is 4.25. The van der Waals surface area contributed by atoms with E-state index in [1.54, 1.807) is 36.4 Å². The van der Waals surface area contributed by atoms with Crippen LogP contribution in [0.2, 0.25) is 0 Å². The summed E-state index contributed by atoms with van der Waals surface area (Å²) < 4.78 is 11.2. The molecule has 1 aliphatic heterocycles. The third-order valence-electron chi connectivity index (χ3n) is 7.61. The number of carbonyl (C=O) groups excluding carboxylic acids is 2. The second-order valence-electron chi connectivity index (χ2n) is 11.1. The maximum atomic E-state index is 12.7. The summed E-state index contributed by atoms with van der Waals surface area (Å²) in [7, 11) is 0. The lowest BCUT2D eigenvalue weighted by Gasteiger charge is -2.13. The molecule has 3 aromatic rings. The SMILES string of the molecule is CCCCCCC(C)OC(=O)c1ccc(-c2ccc(OC(=O)c3ccc(C4CC(CCCCC)=NO4)cc3)cc2)cc1. The molecule has 222 valence electrons. The van der Waals surface area contributed by atoms with Crippen LogP contribution < -0.4 is 4.74 Å². The fourth-order valence-electron chi connectivity index (χ4n) is 5.01. The van der Waals surface area contributed by atoms with Crippen molar-refractivity contribution in [1.29, 1.82) is 0 Å². The minimum atomic E-state index is -0.416. The first-order valence-electron chi connectivity index (χ1n) is 15.4. The number of benzene rings is 3. The number of rotatable bonds is 15. The molecule has 2 atom stereocenters. The van der Waals surface area contributed by atoms with Crippen LogP contribution in [0.25, 0.3) is 11.1 Å². The highest BCUT2D eigenvalue weighted by molar-refractivity contribution is 5.91. The Hall–Kier alpha value is -3.93. The normalized spacial score (nSPS) is 15.0. The van der Waals surface area contributed by atoms with Gasteiger partial charge in [0, 0.05) is 6.42 Å². The maximum Gasteiger partial charge on any atom is 0.343 e. The smallest absolute Gasteiger partial charge is 0.343 e. The van der Waals surface area contributed by atoms with Crippen molar-refractivity contribution in [3.8, 4) is 16.9 Å². The minimum absolute atomic E-state index is 0.0912. The van der Waals surface area contributed by atoms with Crippen LogP contribution >= 0.6 is 0 Å². The van der Waals surface area contributed by atoms with Crippen LogP contribution in [0.1, 0.15) is 117 Å². The molecule has 6 heteroatoms. The number of unbranched alkanes of at least 4 members (excludes halogenated alkanes) is 5. The van der Waals surface area contributed by atoms with Gasteiger partial charge in [-0.1, -0.05) is 87.5 Å². The maximum absolute atomic E-state index is 12.7. The lowest BCUT2D eigenvalue weighted by Crippen LogP contribution is -2.15. The Morgan fingerprint density at radius 1 is 0.786 bits per heavy atom. The number of ether oxygens (including phenoxy) is 2. The molecule has 1 heterocycles. The Morgan fingerprint density at radius 3 is 2.05 bits per heavy atom. The molecule has 6 nitrogen and oxygen atoms in total. The average molecular weight is 570 g/mol. The molecular weight excluding hydrogens is 526 g/mol. The molecule has 0 bridgehead atoms. The molecule has 0 aromatic heterocycles. The number of esters is 2. The van der Waals surface area contributed by atoms with E-state index in [1.807, 2.05) is 43.3 Å². The van der Waals surface area contributed by atoms with Crippen molar-refractivity contribution in [2.75, 3.05) is 0 Å². The van der Waals surface area contributed by atoms with E-state index >= 15 is 0 Å². The third-order valence-corrected chi connectivity index (χ3v) is 7.61. The van der Waals surface area contributed by atoms with Crippen LogP contribution in [0, 0.1) is 0 Å². The van der Waals surface area contributed by atoms with Gasteiger partial charge in [-0.25, -0.2) is 9.59 Å². The molecule has 42 heavy (non-hydrogen) atoms. The number of nitrogens with zero attached hydrogens (tertiary/aromatic N) is 1. The van der Waals surface area contributed by atoms with Gasteiger partial charge in [0.15, 0.2) is 6.10 Å². The molecule has 0 N–H and O–H groups in total. The van der Waals surface area contributed by atoms with Crippen molar-refractivity contribution in [1.82, 2.24) is 0 Å². The summed E-state index contributed by atoms with van der Waals surface area (Å²) in [5.41, 5.74) is 5.03. The van der Waals surface area contributed by atoms with Gasteiger partial charge in [-0.05, 0) is 85.7 Å². The zero-order valence-electron chi connectivity index (χ0n) is 25.1. The van der Waals surface area contributed by atoms with Crippen LogP contribution in [0.15, 0.2) is 78.0 Å². The Labute approximate surface area is 250 Å². The second-order valence-corrected chi connectivity index (χ2v) is 11.1. The lowest BCUT2D eigenvalue weighted by atomic mass is 10.0. The first-order chi connectivity index (χ1) is 20.5. The zero-order chi connectivity index (χ0) is 29.7. The van der Waals surface area contributed by atoms with Gasteiger partial charge in [-0.15, -0.1) is 0 Å². The first-order valence-corrected chi connectivity index (χ1v) is 15.4. The lowest BCUT2D eigenvalue weighted by molar-refractivity contribution is 0.0319. The van der Waals surface area contributed by atoms with Crippen molar-refractivity contribution in [2.45, 2.75) is 97.2 Å². The summed E-state index contributed by atoms with van der Waals surface area (Å²) in [5.74, 6) is -0.248. The monoisotopic (exact) mass is 569 g/mol. The topological polar surface area (TPSA) is 74.2 Å². The number of hydrogen-bond donors (Lipinski definition) is 0. The fourth-order valence-corrected chi connectivity index (χ4v) is 5.01. The van der Waals surface area contributed by atoms with Crippen LogP contribution in [-0.4, -0.2) is 23.8 Å². The second kappa shape index (κ2) is 15.9. The van der Waals surface area contributed by atoms with Crippen LogP contribution in [0.3, 0.4) is 0 Å². The molecule has 0 aliphatic carbocycles. The van der Waals surface area contributed by atoms with E-state index < -0.39 is 5.97 Å². The van der Waals surface area contributed by atoms with E-state index in [0.29, 0.717) is 16.9 Å². The Morgan fingerprint density at radius 2 is 1.38 bits per heavy atom. The van der Waals surface area contributed by atoms with E-state index in [0.717, 1.165) is 54.5 Å². The zero-order valence-corrected chi connectivity index (χ0v) is 25.1. The fraction of sp³-hybridized carbons (Fsp3) is 0.417. The average Bonchev–Trinajstić information content (AvgIpc) is 3.49. The molecule has 0 spiro atoms. The van der Waals surface area contributed by atoms with Crippen molar-refractivity contribution in [3.05, 3.63) is 89.5 Å². The van der Waals surface area contributed by atoms with Gasteiger partial charge in [0.05, 0.1) is 22.9 Å². The Kier molecular flexibility index (Phi) is 11.7. The van der Waals surface area contributed by atoms with Crippen molar-refractivity contribution < 1.29 is 23.9 Å². The van der Waals surface area contributed by atoms with Gasteiger partial charge in [0.25, 0.3) is 0 Å². The van der Waals surface area contributed by atoms with Crippen LogP contribution in [-0.2, 0) is 9.57 Å². The number of carbonyl (C=O) groups is 2. The highest BCUT2D eigenvalue weighted by Crippen LogP contribution is 2.29. The molecule has 0 saturated carbocycles. The quantitative estimate of drug-likeness (QED) is 0.103. The number of hydrogen-bond acceptors (Lipinski definition) is 6. The predicted octanol–water partition coefficient (Wildman–Crippen LogP) is 9.49. The highest BCUT2D eigenvalue weighted by atomic mass is 16.6. The Bertz CT molecular complexity index is 1310. The molecule has 0 fully saturated rings. The van der Waals surface area contributed by atoms with E-state index in [1.165, 1.54) is 32.1 Å². The van der Waals surface area contributed by atoms with Gasteiger partial charge in [0.1, 0.15) is 5.75 Å². The van der Waals surface area contributed by atoms with E-state index in [-0.39, 0.29) is 18.2 Å². The van der Waals surface area contributed by atoms with Gasteiger partial charge in [-0.2, -0.15) is 0 Å². The summed E-state index contributed by atoms with van der Waals surface area (Å²) in [4.78, 5) is 30.9. The predicted molar refractivity (Wildman–Crippen MR) is 167 cm³/mol. The number of oxime groups is 1. The summed E-state index contributed by atoms with van der Waals surface area (Å²) in [6.07, 6.45) is 10.7. The van der Waals surface area contributed by atoms with Crippen LogP contribution in [0.5, 0.6) is 5.75 Å². The molecule has 0 radical (unpaired) electrons. The summed E-state index contributed by atoms with van der Waals surface area (Å²) in [6, 6.07) is 22.1. The molecule has 2 unspecified atom stereocenters. The van der Waals surface area contributed by atoms with Crippen molar-refractivity contribution >= 4 is 17.7 Å². The van der Waals surface area contributed by atoms with Gasteiger partial charge in [0.2, 0.25) is 0 Å². The highest BCUT2D eigenvalue weighted by Gasteiger charge is 2.23. The van der Waals surface area contributed by atoms with Crippen LogP contribution in [0.4, 0.5) is 0 Å². The van der Waals surface area contributed by atoms with Crippen molar-refractivity contribution in [2.24, 2.45) is 5.16 Å². The van der Waals surface area contributed by atoms with E-state index in [2.05, 4.69) is 19.0 Å². The summed E-state index contributed by atoms with van der Waals surface area (Å²) in [6.45, 7) is 6.33. The largest absolute Gasteiger partial charge is 0.459 e. The molecule has 3 aromatic carbocycles. The van der Waals surface area contributed by atoms with Gasteiger partial charge >= 0.3 is 11.9 Å². The molecule has 1 aliphatic rings. The molecule has 0 amide bonds. The standard InChI is InChI=1S/C36H43NO5/c1-4-6-8-10-11-26(3)40-35(38)30-17-13-27(14-18-30)28-21-23-33(24-22-28)41-36(39)31-19-15-29(16-20-31)34-25-32(37-42-34)12-9-7-5-2/h13-24,26,34H,4-12,25H2,1-3H3. The van der Waals surface area contributed by atoms with E-state index in [4.69, 9.17) is 14.3 Å². The molecular formula is C36H43NO5. The molecule has 4 rings (SSSR count). The van der Waals surface area contributed by atoms with Crippen molar-refractivity contribution in [3.63, 3.8) is 0 Å². The first kappa shape index (κ1) is 31.0. The summed E-state index contributed by atoms with van der Waals surface area (Å²) >= 11 is 0. The van der Waals surface area contributed by atoms with Gasteiger partial charge in [-0.3, -0.25) is 0 Å². The minimum Gasteiger partial charge on any atom is -0.459 e. The van der Waals surface area contributed by atoms with Gasteiger partial charge < -0.3 is 14.3 Å². The Balaban J connectivity index is 1.26. The third kappa shape index (κ3) is 9.04. The molecule has 0 saturated heterocycles.